The van der Waals surface area contributed by atoms with Crippen molar-refractivity contribution < 1.29 is 29.0 Å². The molecule has 1 aliphatic rings. The maximum atomic E-state index is 12.1. The summed E-state index contributed by atoms with van der Waals surface area (Å²) in [7, 11) is 4.52. The maximum absolute atomic E-state index is 12.1. The number of hydrogen-bond acceptors (Lipinski definition) is 7. The molecule has 1 aromatic heterocycles. The average Bonchev–Trinajstić information content (AvgIpc) is 3.33. The molecule has 0 spiro atoms. The SMILES string of the molecule is COc1ccc(-c2oc(C3CCN(C(=O)N(C)O)CC3)nc2-c2ccc(CO)cc2)c(OC)c1. The summed E-state index contributed by atoms with van der Waals surface area (Å²) in [6.45, 7) is 0.959. The van der Waals surface area contributed by atoms with Gasteiger partial charge in [0.05, 0.1) is 26.4 Å². The van der Waals surface area contributed by atoms with Crippen LogP contribution in [0.15, 0.2) is 46.9 Å². The monoisotopic (exact) mass is 467 g/mol. The molecule has 0 bridgehead atoms. The summed E-state index contributed by atoms with van der Waals surface area (Å²) in [6.07, 6.45) is 1.34. The van der Waals surface area contributed by atoms with Gasteiger partial charge in [-0.1, -0.05) is 24.3 Å². The van der Waals surface area contributed by atoms with Crippen LogP contribution < -0.4 is 9.47 Å². The first kappa shape index (κ1) is 23.6. The first-order valence-electron chi connectivity index (χ1n) is 11.1. The number of aliphatic hydroxyl groups is 1. The molecule has 3 aromatic rings. The van der Waals surface area contributed by atoms with Crippen molar-refractivity contribution in [2.45, 2.75) is 25.4 Å². The molecule has 1 aliphatic heterocycles. The number of likely N-dealkylation sites (tertiary alicyclic amines) is 1. The minimum atomic E-state index is -0.417. The first-order valence-corrected chi connectivity index (χ1v) is 11.1. The molecule has 0 atom stereocenters. The van der Waals surface area contributed by atoms with E-state index in [1.165, 1.54) is 7.05 Å². The average molecular weight is 468 g/mol. The second-order valence-electron chi connectivity index (χ2n) is 8.22. The fraction of sp³-hybridized carbons (Fsp3) is 0.360. The molecule has 9 heteroatoms. The second kappa shape index (κ2) is 10.1. The van der Waals surface area contributed by atoms with Crippen LogP contribution >= 0.6 is 0 Å². The lowest BCUT2D eigenvalue weighted by Gasteiger charge is -2.31. The Morgan fingerprint density at radius 1 is 1.15 bits per heavy atom. The van der Waals surface area contributed by atoms with Gasteiger partial charge in [-0.15, -0.1) is 0 Å². The summed E-state index contributed by atoms with van der Waals surface area (Å²) in [5, 5.41) is 19.5. The van der Waals surface area contributed by atoms with Gasteiger partial charge in [-0.25, -0.2) is 14.8 Å². The van der Waals surface area contributed by atoms with Gasteiger partial charge in [0.15, 0.2) is 11.7 Å². The number of methoxy groups -OCH3 is 2. The van der Waals surface area contributed by atoms with Gasteiger partial charge in [-0.05, 0) is 30.5 Å². The Kier molecular flexibility index (Phi) is 7.04. The van der Waals surface area contributed by atoms with Gasteiger partial charge in [0.2, 0.25) is 0 Å². The Bertz CT molecular complexity index is 1130. The summed E-state index contributed by atoms with van der Waals surface area (Å²) in [5.41, 5.74) is 3.09. The molecule has 0 saturated carbocycles. The molecule has 1 saturated heterocycles. The second-order valence-corrected chi connectivity index (χ2v) is 8.22. The number of hydroxylamine groups is 2. The highest BCUT2D eigenvalue weighted by atomic mass is 16.5. The zero-order chi connectivity index (χ0) is 24.2. The number of ether oxygens (including phenoxy) is 2. The van der Waals surface area contributed by atoms with Crippen LogP contribution in [0.1, 0.15) is 30.2 Å². The van der Waals surface area contributed by atoms with E-state index in [4.69, 9.17) is 18.9 Å². The standard InChI is InChI=1S/C25H29N3O6/c1-27(31)25(30)28-12-10-18(11-13-28)24-26-22(17-6-4-16(15-29)5-7-17)23(34-24)20-9-8-19(32-2)14-21(20)33-3/h4-9,14,18,29,31H,10-13,15H2,1-3H3. The van der Waals surface area contributed by atoms with Crippen molar-refractivity contribution in [2.24, 2.45) is 0 Å². The van der Waals surface area contributed by atoms with Crippen LogP contribution in [0, 0.1) is 0 Å². The topological polar surface area (TPSA) is 109 Å². The summed E-state index contributed by atoms with van der Waals surface area (Å²) in [5.74, 6) is 2.47. The maximum Gasteiger partial charge on any atom is 0.343 e. The molecule has 2 amide bonds. The summed E-state index contributed by atoms with van der Waals surface area (Å²) in [4.78, 5) is 18.6. The van der Waals surface area contributed by atoms with E-state index in [0.717, 1.165) is 16.7 Å². The van der Waals surface area contributed by atoms with Crippen LogP contribution in [-0.4, -0.2) is 65.6 Å². The molecule has 0 aliphatic carbocycles. The fourth-order valence-electron chi connectivity index (χ4n) is 4.17. The van der Waals surface area contributed by atoms with Crippen LogP contribution in [-0.2, 0) is 6.61 Å². The highest BCUT2D eigenvalue weighted by Crippen LogP contribution is 2.42. The Morgan fingerprint density at radius 2 is 1.85 bits per heavy atom. The minimum absolute atomic E-state index is 0.0292. The van der Waals surface area contributed by atoms with Gasteiger partial charge >= 0.3 is 6.03 Å². The fourth-order valence-corrected chi connectivity index (χ4v) is 4.17. The number of aliphatic hydroxyl groups excluding tert-OH is 1. The van der Waals surface area contributed by atoms with Crippen LogP contribution in [0.3, 0.4) is 0 Å². The van der Waals surface area contributed by atoms with Crippen molar-refractivity contribution in [2.75, 3.05) is 34.4 Å². The van der Waals surface area contributed by atoms with Crippen LogP contribution in [0.2, 0.25) is 0 Å². The van der Waals surface area contributed by atoms with Crippen molar-refractivity contribution >= 4 is 6.03 Å². The third-order valence-electron chi connectivity index (χ3n) is 6.10. The van der Waals surface area contributed by atoms with Crippen LogP contribution in [0.5, 0.6) is 11.5 Å². The number of urea groups is 1. The smallest absolute Gasteiger partial charge is 0.343 e. The summed E-state index contributed by atoms with van der Waals surface area (Å²) < 4.78 is 17.3. The number of rotatable bonds is 6. The van der Waals surface area contributed by atoms with E-state index in [-0.39, 0.29) is 12.5 Å². The van der Waals surface area contributed by atoms with E-state index in [0.29, 0.717) is 59.8 Å². The Hall–Kier alpha value is -3.56. The van der Waals surface area contributed by atoms with Crippen molar-refractivity contribution in [3.05, 3.63) is 53.9 Å². The Morgan fingerprint density at radius 3 is 2.44 bits per heavy atom. The number of carbonyl (C=O) groups is 1. The molecule has 1 fully saturated rings. The number of piperidine rings is 1. The zero-order valence-electron chi connectivity index (χ0n) is 19.5. The largest absolute Gasteiger partial charge is 0.497 e. The summed E-state index contributed by atoms with van der Waals surface area (Å²) in [6, 6.07) is 12.6. The number of oxazole rings is 1. The van der Waals surface area contributed by atoms with Crippen LogP contribution in [0.4, 0.5) is 4.79 Å². The Balaban J connectivity index is 1.72. The van der Waals surface area contributed by atoms with Gasteiger partial charge in [0.25, 0.3) is 0 Å². The lowest BCUT2D eigenvalue weighted by Crippen LogP contribution is -2.43. The zero-order valence-corrected chi connectivity index (χ0v) is 19.5. The van der Waals surface area contributed by atoms with Crippen molar-refractivity contribution in [3.8, 4) is 34.1 Å². The minimum Gasteiger partial charge on any atom is -0.497 e. The molecule has 0 unspecified atom stereocenters. The van der Waals surface area contributed by atoms with Gasteiger partial charge in [0, 0.05) is 37.7 Å². The lowest BCUT2D eigenvalue weighted by molar-refractivity contribution is -0.0358. The molecule has 0 radical (unpaired) electrons. The number of benzene rings is 2. The molecule has 2 aromatic carbocycles. The normalized spacial score (nSPS) is 14.2. The molecule has 34 heavy (non-hydrogen) atoms. The molecular weight excluding hydrogens is 438 g/mol. The Labute approximate surface area is 198 Å². The third kappa shape index (κ3) is 4.71. The molecular formula is C25H29N3O6. The lowest BCUT2D eigenvalue weighted by atomic mass is 9.97. The molecule has 2 N–H and O–H groups in total. The molecule has 9 nitrogen and oxygen atoms in total. The number of nitrogens with zero attached hydrogens (tertiary/aromatic N) is 3. The molecule has 2 heterocycles. The predicted octanol–water partition coefficient (Wildman–Crippen LogP) is 4.14. The molecule has 180 valence electrons. The van der Waals surface area contributed by atoms with Crippen LogP contribution in [0.25, 0.3) is 22.6 Å². The van der Waals surface area contributed by atoms with Crippen molar-refractivity contribution in [3.63, 3.8) is 0 Å². The van der Waals surface area contributed by atoms with E-state index in [1.807, 2.05) is 36.4 Å². The van der Waals surface area contributed by atoms with E-state index in [1.54, 1.807) is 25.2 Å². The first-order chi connectivity index (χ1) is 16.4. The highest BCUT2D eigenvalue weighted by molar-refractivity contribution is 5.80. The molecule has 4 rings (SSSR count). The van der Waals surface area contributed by atoms with E-state index >= 15 is 0 Å². The summed E-state index contributed by atoms with van der Waals surface area (Å²) >= 11 is 0. The number of amides is 2. The van der Waals surface area contributed by atoms with Gasteiger partial charge in [0.1, 0.15) is 17.2 Å². The van der Waals surface area contributed by atoms with E-state index in [2.05, 4.69) is 0 Å². The predicted molar refractivity (Wildman–Crippen MR) is 125 cm³/mol. The quantitative estimate of drug-likeness (QED) is 0.414. The van der Waals surface area contributed by atoms with Gasteiger partial charge in [-0.3, -0.25) is 5.21 Å². The van der Waals surface area contributed by atoms with Gasteiger partial charge < -0.3 is 23.9 Å². The third-order valence-corrected chi connectivity index (χ3v) is 6.10. The van der Waals surface area contributed by atoms with E-state index < -0.39 is 6.03 Å². The van der Waals surface area contributed by atoms with Crippen molar-refractivity contribution in [1.29, 1.82) is 0 Å². The number of hydrogen-bond donors (Lipinski definition) is 2. The van der Waals surface area contributed by atoms with Crippen molar-refractivity contribution in [1.82, 2.24) is 14.9 Å². The van der Waals surface area contributed by atoms with E-state index in [9.17, 15) is 15.1 Å². The number of carbonyl (C=O) groups excluding carboxylic acids is 1. The highest BCUT2D eigenvalue weighted by Gasteiger charge is 2.30. The number of aromatic nitrogens is 1. The van der Waals surface area contributed by atoms with Gasteiger partial charge in [-0.2, -0.15) is 0 Å².